The molecule has 1 aromatic rings. The molecule has 0 radical (unpaired) electrons. The van der Waals surface area contributed by atoms with E-state index < -0.39 is 0 Å². The number of hydrogen-bond donors (Lipinski definition) is 2. The van der Waals surface area contributed by atoms with E-state index in [1.165, 1.54) is 0 Å². The number of carbonyl (C=O) groups excluding carboxylic acids is 2. The topological polar surface area (TPSA) is 67.4 Å². The number of hydrogen-bond acceptors (Lipinski definition) is 3. The summed E-state index contributed by atoms with van der Waals surface area (Å²) in [4.78, 5) is 23.1. The molecule has 0 aromatic heterocycles. The van der Waals surface area contributed by atoms with E-state index in [1.807, 2.05) is 6.92 Å². The van der Waals surface area contributed by atoms with Gasteiger partial charge in [-0.05, 0) is 18.6 Å². The fourth-order valence-corrected chi connectivity index (χ4v) is 1.62. The van der Waals surface area contributed by atoms with E-state index in [4.69, 9.17) is 4.74 Å². The largest absolute Gasteiger partial charge is 0.482 e. The van der Waals surface area contributed by atoms with Crippen LogP contribution in [0, 0.1) is 0 Å². The quantitative estimate of drug-likeness (QED) is 0.824. The summed E-state index contributed by atoms with van der Waals surface area (Å²) in [7, 11) is 0. The van der Waals surface area contributed by atoms with Gasteiger partial charge in [0.05, 0.1) is 11.3 Å². The standard InChI is InChI=1S/C12H14N2O3/c1-2-6-13-12(16)8-4-3-5-9-11(8)14-10(15)7-17-9/h3-5H,2,6-7H2,1H3,(H,13,16)(H,14,15). The predicted octanol–water partition coefficient (Wildman–Crippen LogP) is 1.16. The first-order chi connectivity index (χ1) is 8.22. The zero-order valence-corrected chi connectivity index (χ0v) is 9.58. The molecule has 1 aliphatic heterocycles. The molecule has 0 saturated heterocycles. The van der Waals surface area contributed by atoms with E-state index in [0.717, 1.165) is 6.42 Å². The molecule has 0 aliphatic carbocycles. The number of carbonyl (C=O) groups is 2. The highest BCUT2D eigenvalue weighted by Gasteiger charge is 2.21. The molecule has 2 N–H and O–H groups in total. The fourth-order valence-electron chi connectivity index (χ4n) is 1.62. The molecule has 5 nitrogen and oxygen atoms in total. The fraction of sp³-hybridized carbons (Fsp3) is 0.333. The Balaban J connectivity index is 2.28. The summed E-state index contributed by atoms with van der Waals surface area (Å²) in [5, 5.41) is 5.43. The predicted molar refractivity (Wildman–Crippen MR) is 63.2 cm³/mol. The van der Waals surface area contributed by atoms with Crippen LogP contribution in [0.25, 0.3) is 0 Å². The van der Waals surface area contributed by atoms with Crippen LogP contribution in [0.2, 0.25) is 0 Å². The molecule has 2 amide bonds. The molecular formula is C12H14N2O3. The highest BCUT2D eigenvalue weighted by molar-refractivity contribution is 6.06. The first-order valence-electron chi connectivity index (χ1n) is 5.56. The van der Waals surface area contributed by atoms with Crippen molar-refractivity contribution in [3.05, 3.63) is 23.8 Å². The lowest BCUT2D eigenvalue weighted by Gasteiger charge is -2.20. The molecule has 0 spiro atoms. The lowest BCUT2D eigenvalue weighted by atomic mass is 10.1. The van der Waals surface area contributed by atoms with Crippen molar-refractivity contribution in [2.75, 3.05) is 18.5 Å². The van der Waals surface area contributed by atoms with E-state index in [9.17, 15) is 9.59 Å². The van der Waals surface area contributed by atoms with Gasteiger partial charge >= 0.3 is 0 Å². The van der Waals surface area contributed by atoms with Crippen LogP contribution in [-0.2, 0) is 4.79 Å². The average Bonchev–Trinajstić information content (AvgIpc) is 2.35. The van der Waals surface area contributed by atoms with E-state index in [-0.39, 0.29) is 18.4 Å². The molecule has 0 unspecified atom stereocenters. The van der Waals surface area contributed by atoms with Crippen molar-refractivity contribution >= 4 is 17.5 Å². The van der Waals surface area contributed by atoms with Gasteiger partial charge in [0, 0.05) is 6.54 Å². The lowest BCUT2D eigenvalue weighted by Crippen LogP contribution is -2.30. The number of fused-ring (bicyclic) bond motifs is 1. The van der Waals surface area contributed by atoms with Crippen LogP contribution in [0.1, 0.15) is 23.7 Å². The third-order valence-electron chi connectivity index (χ3n) is 2.43. The summed E-state index contributed by atoms with van der Waals surface area (Å²) in [5.41, 5.74) is 0.890. The second-order valence-corrected chi connectivity index (χ2v) is 3.77. The highest BCUT2D eigenvalue weighted by Crippen LogP contribution is 2.30. The minimum absolute atomic E-state index is 0.00691. The van der Waals surface area contributed by atoms with Crippen molar-refractivity contribution in [2.45, 2.75) is 13.3 Å². The van der Waals surface area contributed by atoms with Gasteiger partial charge in [0.2, 0.25) is 0 Å². The monoisotopic (exact) mass is 234 g/mol. The van der Waals surface area contributed by atoms with Crippen LogP contribution in [0.15, 0.2) is 18.2 Å². The molecule has 0 saturated carbocycles. The summed E-state index contributed by atoms with van der Waals surface area (Å²) in [6.07, 6.45) is 0.865. The Morgan fingerprint density at radius 2 is 2.35 bits per heavy atom. The number of ether oxygens (including phenoxy) is 1. The first-order valence-corrected chi connectivity index (χ1v) is 5.56. The molecule has 17 heavy (non-hydrogen) atoms. The molecular weight excluding hydrogens is 220 g/mol. The summed E-state index contributed by atoms with van der Waals surface area (Å²) in [6, 6.07) is 5.13. The second kappa shape index (κ2) is 4.86. The smallest absolute Gasteiger partial charge is 0.262 e. The molecule has 0 atom stereocenters. The third-order valence-corrected chi connectivity index (χ3v) is 2.43. The Bertz CT molecular complexity index is 457. The third kappa shape index (κ3) is 2.38. The van der Waals surface area contributed by atoms with Gasteiger partial charge in [-0.1, -0.05) is 13.0 Å². The maximum atomic E-state index is 11.9. The summed E-state index contributed by atoms with van der Waals surface area (Å²) in [5.74, 6) is 0.0940. The van der Waals surface area contributed by atoms with Gasteiger partial charge in [0.25, 0.3) is 11.8 Å². The zero-order valence-electron chi connectivity index (χ0n) is 9.58. The zero-order chi connectivity index (χ0) is 12.3. The SMILES string of the molecule is CCCNC(=O)c1cccc2c1NC(=O)CO2. The van der Waals surface area contributed by atoms with Crippen LogP contribution in [0.5, 0.6) is 5.75 Å². The number of para-hydroxylation sites is 1. The Hall–Kier alpha value is -2.04. The molecule has 5 heteroatoms. The Labute approximate surface area is 99.2 Å². The normalized spacial score (nSPS) is 13.4. The number of amides is 2. The van der Waals surface area contributed by atoms with Gasteiger partial charge < -0.3 is 15.4 Å². The number of nitrogens with one attached hydrogen (secondary N) is 2. The molecule has 0 bridgehead atoms. The minimum atomic E-state index is -0.242. The second-order valence-electron chi connectivity index (χ2n) is 3.77. The van der Waals surface area contributed by atoms with Gasteiger partial charge in [0.15, 0.2) is 6.61 Å². The van der Waals surface area contributed by atoms with Crippen molar-refractivity contribution in [3.8, 4) is 5.75 Å². The van der Waals surface area contributed by atoms with Crippen molar-refractivity contribution in [3.63, 3.8) is 0 Å². The van der Waals surface area contributed by atoms with Crippen molar-refractivity contribution < 1.29 is 14.3 Å². The summed E-state index contributed by atoms with van der Waals surface area (Å²) >= 11 is 0. The van der Waals surface area contributed by atoms with Crippen LogP contribution in [0.3, 0.4) is 0 Å². The molecule has 1 heterocycles. The highest BCUT2D eigenvalue weighted by atomic mass is 16.5. The van der Waals surface area contributed by atoms with Crippen molar-refractivity contribution in [2.24, 2.45) is 0 Å². The maximum absolute atomic E-state index is 11.9. The van der Waals surface area contributed by atoms with Gasteiger partial charge in [0.1, 0.15) is 5.75 Å². The molecule has 1 aliphatic rings. The van der Waals surface area contributed by atoms with Crippen LogP contribution >= 0.6 is 0 Å². The van der Waals surface area contributed by atoms with Crippen LogP contribution in [0.4, 0.5) is 5.69 Å². The average molecular weight is 234 g/mol. The van der Waals surface area contributed by atoms with Gasteiger partial charge in [-0.3, -0.25) is 9.59 Å². The number of benzene rings is 1. The lowest BCUT2D eigenvalue weighted by molar-refractivity contribution is -0.118. The van der Waals surface area contributed by atoms with E-state index in [1.54, 1.807) is 18.2 Å². The molecule has 1 aromatic carbocycles. The molecule has 90 valence electrons. The van der Waals surface area contributed by atoms with E-state index in [0.29, 0.717) is 23.5 Å². The Kier molecular flexibility index (Phi) is 3.27. The maximum Gasteiger partial charge on any atom is 0.262 e. The number of rotatable bonds is 3. The van der Waals surface area contributed by atoms with Gasteiger partial charge in [-0.15, -0.1) is 0 Å². The summed E-state index contributed by atoms with van der Waals surface area (Å²) in [6.45, 7) is 2.58. The first kappa shape index (κ1) is 11.4. The Morgan fingerprint density at radius 3 is 3.12 bits per heavy atom. The molecule has 2 rings (SSSR count). The van der Waals surface area contributed by atoms with Crippen LogP contribution < -0.4 is 15.4 Å². The van der Waals surface area contributed by atoms with Crippen molar-refractivity contribution in [1.82, 2.24) is 5.32 Å². The van der Waals surface area contributed by atoms with Crippen molar-refractivity contribution in [1.29, 1.82) is 0 Å². The van der Waals surface area contributed by atoms with E-state index >= 15 is 0 Å². The van der Waals surface area contributed by atoms with Crippen LogP contribution in [-0.4, -0.2) is 25.0 Å². The van der Waals surface area contributed by atoms with E-state index in [2.05, 4.69) is 10.6 Å². The van der Waals surface area contributed by atoms with Gasteiger partial charge in [-0.25, -0.2) is 0 Å². The Morgan fingerprint density at radius 1 is 1.53 bits per heavy atom. The summed E-state index contributed by atoms with van der Waals surface area (Å²) < 4.78 is 5.24. The number of anilines is 1. The minimum Gasteiger partial charge on any atom is -0.482 e. The van der Waals surface area contributed by atoms with Gasteiger partial charge in [-0.2, -0.15) is 0 Å². The molecule has 0 fully saturated rings.